The molecule has 132 valence electrons. The van der Waals surface area contributed by atoms with E-state index < -0.39 is 11.7 Å². The van der Waals surface area contributed by atoms with Crippen LogP contribution in [0.2, 0.25) is 0 Å². The molecular weight excluding hydrogens is 320 g/mol. The van der Waals surface area contributed by atoms with Gasteiger partial charge in [0.2, 0.25) is 0 Å². The number of carbonyl (C=O) groups excluding carboxylic acids is 2. The number of carbonyl (C=O) groups is 2. The number of aromatic nitrogens is 1. The van der Waals surface area contributed by atoms with Gasteiger partial charge >= 0.3 is 6.09 Å². The third-order valence-electron chi connectivity index (χ3n) is 3.26. The number of anilines is 1. The van der Waals surface area contributed by atoms with Crippen molar-refractivity contribution in [2.45, 2.75) is 33.3 Å². The van der Waals surface area contributed by atoms with Crippen LogP contribution in [0.4, 0.5) is 10.5 Å². The number of hydrogen-bond acceptors (Lipinski definition) is 5. The number of rotatable bonds is 4. The molecule has 0 aliphatic heterocycles. The van der Waals surface area contributed by atoms with E-state index in [0.717, 1.165) is 11.1 Å². The predicted molar refractivity (Wildman–Crippen MR) is 96.1 cm³/mol. The predicted octanol–water partition coefficient (Wildman–Crippen LogP) is 4.31. The summed E-state index contributed by atoms with van der Waals surface area (Å²) in [4.78, 5) is 28.1. The normalized spacial score (nSPS) is 10.9. The van der Waals surface area contributed by atoms with E-state index in [4.69, 9.17) is 9.47 Å². The Hall–Kier alpha value is -2.89. The van der Waals surface area contributed by atoms with E-state index in [1.807, 2.05) is 24.3 Å². The first kappa shape index (κ1) is 18.4. The summed E-state index contributed by atoms with van der Waals surface area (Å²) in [5.74, 6) is 0.457. The van der Waals surface area contributed by atoms with Gasteiger partial charge in [-0.25, -0.2) is 4.79 Å². The maximum absolute atomic E-state index is 12.1. The van der Waals surface area contributed by atoms with Crippen LogP contribution >= 0.6 is 0 Å². The molecular formula is C19H22N2O4. The first-order chi connectivity index (χ1) is 11.7. The highest BCUT2D eigenvalue weighted by atomic mass is 16.6. The maximum atomic E-state index is 12.1. The van der Waals surface area contributed by atoms with Crippen LogP contribution in [0.3, 0.4) is 0 Å². The lowest BCUT2D eigenvalue weighted by atomic mass is 10.1. The number of amides is 1. The molecule has 1 amide bonds. The Labute approximate surface area is 147 Å². The molecule has 25 heavy (non-hydrogen) atoms. The molecule has 2 aromatic rings. The zero-order valence-electron chi connectivity index (χ0n) is 15.0. The van der Waals surface area contributed by atoms with Crippen molar-refractivity contribution >= 4 is 17.6 Å². The van der Waals surface area contributed by atoms with Crippen molar-refractivity contribution in [3.8, 4) is 16.9 Å². The fourth-order valence-electron chi connectivity index (χ4n) is 2.21. The van der Waals surface area contributed by atoms with Gasteiger partial charge in [-0.3, -0.25) is 15.1 Å². The van der Waals surface area contributed by atoms with E-state index in [2.05, 4.69) is 10.3 Å². The molecule has 0 radical (unpaired) electrons. The van der Waals surface area contributed by atoms with Gasteiger partial charge in [0.05, 0.1) is 12.8 Å². The molecule has 0 unspecified atom stereocenters. The third-order valence-corrected chi connectivity index (χ3v) is 3.26. The van der Waals surface area contributed by atoms with Crippen molar-refractivity contribution in [1.29, 1.82) is 0 Å². The Bertz CT molecular complexity index is 794. The molecule has 1 aromatic heterocycles. The lowest BCUT2D eigenvalue weighted by Gasteiger charge is -2.20. The SMILES string of the molecule is COc1cccc(-c2cnc(C(C)=O)c(NC(=O)OC(C)(C)C)c2)c1. The molecule has 0 spiro atoms. The molecule has 0 aliphatic rings. The van der Waals surface area contributed by atoms with Crippen LogP contribution in [0.25, 0.3) is 11.1 Å². The molecule has 0 bridgehead atoms. The van der Waals surface area contributed by atoms with Gasteiger partial charge in [-0.15, -0.1) is 0 Å². The zero-order valence-corrected chi connectivity index (χ0v) is 15.0. The van der Waals surface area contributed by atoms with E-state index in [9.17, 15) is 9.59 Å². The fraction of sp³-hybridized carbons (Fsp3) is 0.316. The Kier molecular flexibility index (Phi) is 5.41. The van der Waals surface area contributed by atoms with Crippen LogP contribution in [0, 0.1) is 0 Å². The first-order valence-electron chi connectivity index (χ1n) is 7.85. The molecule has 6 heteroatoms. The Morgan fingerprint density at radius 2 is 1.84 bits per heavy atom. The number of nitrogens with one attached hydrogen (secondary N) is 1. The van der Waals surface area contributed by atoms with Gasteiger partial charge in [-0.1, -0.05) is 12.1 Å². The number of nitrogens with zero attached hydrogens (tertiary/aromatic N) is 1. The van der Waals surface area contributed by atoms with Gasteiger partial charge < -0.3 is 9.47 Å². The maximum Gasteiger partial charge on any atom is 0.412 e. The number of Topliss-reactive ketones (excluding diaryl/α,β-unsaturated/α-hetero) is 1. The first-order valence-corrected chi connectivity index (χ1v) is 7.85. The monoisotopic (exact) mass is 342 g/mol. The van der Waals surface area contributed by atoms with Gasteiger partial charge in [0.25, 0.3) is 0 Å². The number of ether oxygens (including phenoxy) is 2. The van der Waals surface area contributed by atoms with Crippen molar-refractivity contribution in [2.24, 2.45) is 0 Å². The molecule has 0 saturated heterocycles. The van der Waals surface area contributed by atoms with E-state index in [1.165, 1.54) is 6.92 Å². The van der Waals surface area contributed by atoms with E-state index >= 15 is 0 Å². The highest BCUT2D eigenvalue weighted by Gasteiger charge is 2.19. The smallest absolute Gasteiger partial charge is 0.412 e. The molecule has 1 aromatic carbocycles. The second-order valence-corrected chi connectivity index (χ2v) is 6.54. The summed E-state index contributed by atoms with van der Waals surface area (Å²) in [6, 6.07) is 9.13. The highest BCUT2D eigenvalue weighted by molar-refractivity contribution is 6.01. The minimum atomic E-state index is -0.641. The van der Waals surface area contributed by atoms with E-state index in [0.29, 0.717) is 11.4 Å². The number of hydrogen-bond donors (Lipinski definition) is 1. The second-order valence-electron chi connectivity index (χ2n) is 6.54. The van der Waals surface area contributed by atoms with E-state index in [-0.39, 0.29) is 11.5 Å². The standard InChI is InChI=1S/C19H22N2O4/c1-12(22)17-16(21-18(23)25-19(2,3)4)10-14(11-20-17)13-7-6-8-15(9-13)24-5/h6-11H,1-5H3,(H,21,23). The third kappa shape index (κ3) is 5.04. The van der Waals surface area contributed by atoms with Crippen molar-refractivity contribution in [3.05, 3.63) is 42.2 Å². The number of methoxy groups -OCH3 is 1. The molecule has 0 fully saturated rings. The minimum Gasteiger partial charge on any atom is -0.497 e. The summed E-state index contributed by atoms with van der Waals surface area (Å²) in [7, 11) is 1.59. The van der Waals surface area contributed by atoms with Gasteiger partial charge in [0.15, 0.2) is 5.78 Å². The zero-order chi connectivity index (χ0) is 18.6. The van der Waals surface area contributed by atoms with Crippen LogP contribution in [-0.4, -0.2) is 29.6 Å². The summed E-state index contributed by atoms with van der Waals surface area (Å²) in [5, 5.41) is 2.61. The van der Waals surface area contributed by atoms with Crippen LogP contribution < -0.4 is 10.1 Å². The Balaban J connectivity index is 2.39. The minimum absolute atomic E-state index is 0.178. The van der Waals surface area contributed by atoms with Crippen molar-refractivity contribution in [3.63, 3.8) is 0 Å². The average Bonchev–Trinajstić information content (AvgIpc) is 2.52. The number of pyridine rings is 1. The van der Waals surface area contributed by atoms with Crippen LogP contribution in [0.15, 0.2) is 36.5 Å². The van der Waals surface area contributed by atoms with Gasteiger partial charge in [-0.05, 0) is 44.5 Å². The average molecular weight is 342 g/mol. The second kappa shape index (κ2) is 7.34. The number of ketones is 1. The summed E-state index contributed by atoms with van der Waals surface area (Å²) < 4.78 is 10.5. The van der Waals surface area contributed by atoms with Gasteiger partial charge in [-0.2, -0.15) is 0 Å². The summed E-state index contributed by atoms with van der Waals surface area (Å²) in [6.45, 7) is 6.70. The largest absolute Gasteiger partial charge is 0.497 e. The van der Waals surface area contributed by atoms with E-state index in [1.54, 1.807) is 40.1 Å². The van der Waals surface area contributed by atoms with Crippen molar-refractivity contribution < 1.29 is 19.1 Å². The number of benzene rings is 1. The molecule has 0 saturated carbocycles. The Morgan fingerprint density at radius 1 is 1.12 bits per heavy atom. The highest BCUT2D eigenvalue weighted by Crippen LogP contribution is 2.27. The fourth-order valence-corrected chi connectivity index (χ4v) is 2.21. The van der Waals surface area contributed by atoms with Gasteiger partial charge in [0.1, 0.15) is 17.0 Å². The van der Waals surface area contributed by atoms with Crippen LogP contribution in [-0.2, 0) is 4.74 Å². The lowest BCUT2D eigenvalue weighted by molar-refractivity contribution is 0.0636. The van der Waals surface area contributed by atoms with Crippen LogP contribution in [0.1, 0.15) is 38.2 Å². The molecule has 1 heterocycles. The van der Waals surface area contributed by atoms with Gasteiger partial charge in [0, 0.05) is 18.7 Å². The molecule has 2 rings (SSSR count). The van der Waals surface area contributed by atoms with Crippen molar-refractivity contribution in [1.82, 2.24) is 4.98 Å². The van der Waals surface area contributed by atoms with Crippen molar-refractivity contribution in [2.75, 3.05) is 12.4 Å². The topological polar surface area (TPSA) is 77.5 Å². The molecule has 1 N–H and O–H groups in total. The lowest BCUT2D eigenvalue weighted by Crippen LogP contribution is -2.27. The Morgan fingerprint density at radius 3 is 2.44 bits per heavy atom. The quantitative estimate of drug-likeness (QED) is 0.838. The molecule has 0 atom stereocenters. The summed E-state index contributed by atoms with van der Waals surface area (Å²) in [5.41, 5.74) is 1.45. The summed E-state index contributed by atoms with van der Waals surface area (Å²) in [6.07, 6.45) is 0.950. The molecule has 0 aliphatic carbocycles. The molecule has 6 nitrogen and oxygen atoms in total. The van der Waals surface area contributed by atoms with Crippen LogP contribution in [0.5, 0.6) is 5.75 Å². The summed E-state index contributed by atoms with van der Waals surface area (Å²) >= 11 is 0.